The van der Waals surface area contributed by atoms with Gasteiger partial charge in [-0.2, -0.15) is 4.98 Å². The number of aromatic nitrogens is 4. The smallest absolute Gasteiger partial charge is 0.229 e. The number of methoxy groups -OCH3 is 1. The normalized spacial score (nSPS) is 18.9. The van der Waals surface area contributed by atoms with Crippen molar-refractivity contribution in [3.05, 3.63) is 30.3 Å². The van der Waals surface area contributed by atoms with Crippen LogP contribution in [0.3, 0.4) is 0 Å². The van der Waals surface area contributed by atoms with Crippen molar-refractivity contribution in [1.82, 2.24) is 20.1 Å². The number of anilines is 1. The van der Waals surface area contributed by atoms with Crippen molar-refractivity contribution in [1.29, 1.82) is 0 Å². The molecule has 1 aliphatic heterocycles. The molecular weight excluding hydrogens is 274 g/mol. The Morgan fingerprint density at radius 3 is 3.24 bits per heavy atom. The summed E-state index contributed by atoms with van der Waals surface area (Å²) in [6.45, 7) is 2.54. The van der Waals surface area contributed by atoms with E-state index in [4.69, 9.17) is 14.0 Å². The fourth-order valence-electron chi connectivity index (χ4n) is 2.28. The van der Waals surface area contributed by atoms with Crippen molar-refractivity contribution < 1.29 is 14.0 Å². The Labute approximate surface area is 122 Å². The highest BCUT2D eigenvalue weighted by molar-refractivity contribution is 5.37. The van der Waals surface area contributed by atoms with Gasteiger partial charge in [-0.15, -0.1) is 0 Å². The maximum Gasteiger partial charge on any atom is 0.229 e. The fraction of sp³-hybridized carbons (Fsp3) is 0.538. The van der Waals surface area contributed by atoms with E-state index in [-0.39, 0.29) is 6.10 Å². The van der Waals surface area contributed by atoms with Gasteiger partial charge in [0, 0.05) is 26.4 Å². The van der Waals surface area contributed by atoms with E-state index < -0.39 is 0 Å². The van der Waals surface area contributed by atoms with Gasteiger partial charge in [0.15, 0.2) is 5.82 Å². The van der Waals surface area contributed by atoms with E-state index >= 15 is 0 Å². The highest BCUT2D eigenvalue weighted by atomic mass is 16.5. The second kappa shape index (κ2) is 6.59. The average Bonchev–Trinajstić information content (AvgIpc) is 2.96. The Morgan fingerprint density at radius 1 is 1.48 bits per heavy atom. The fourth-order valence-corrected chi connectivity index (χ4v) is 2.28. The highest BCUT2D eigenvalue weighted by Crippen LogP contribution is 2.16. The van der Waals surface area contributed by atoms with Gasteiger partial charge in [0.25, 0.3) is 0 Å². The molecule has 2 aromatic heterocycles. The van der Waals surface area contributed by atoms with E-state index in [1.54, 1.807) is 19.6 Å². The van der Waals surface area contributed by atoms with E-state index in [0.29, 0.717) is 31.3 Å². The summed E-state index contributed by atoms with van der Waals surface area (Å²) < 4.78 is 15.9. The van der Waals surface area contributed by atoms with Gasteiger partial charge in [-0.05, 0) is 6.07 Å². The summed E-state index contributed by atoms with van der Waals surface area (Å²) in [5, 5.41) is 3.85. The molecule has 3 heterocycles. The molecule has 0 saturated carbocycles. The summed E-state index contributed by atoms with van der Waals surface area (Å²) in [5.74, 6) is 2.02. The Kier molecular flexibility index (Phi) is 4.37. The topological polar surface area (TPSA) is 86.4 Å². The van der Waals surface area contributed by atoms with Gasteiger partial charge >= 0.3 is 0 Å². The number of rotatable bonds is 5. The summed E-state index contributed by atoms with van der Waals surface area (Å²) in [7, 11) is 1.60. The van der Waals surface area contributed by atoms with Crippen molar-refractivity contribution in [3.63, 3.8) is 0 Å². The van der Waals surface area contributed by atoms with Crippen molar-refractivity contribution >= 4 is 5.82 Å². The molecule has 1 saturated heterocycles. The van der Waals surface area contributed by atoms with Gasteiger partial charge in [-0.3, -0.25) is 0 Å². The molecule has 0 radical (unpaired) electrons. The SMILES string of the molecule is COCc1noc(CC2CN(c3ccncn3)CCO2)n1. The van der Waals surface area contributed by atoms with Crippen molar-refractivity contribution in [3.8, 4) is 0 Å². The van der Waals surface area contributed by atoms with E-state index in [1.807, 2.05) is 6.07 Å². The Balaban J connectivity index is 1.60. The summed E-state index contributed by atoms with van der Waals surface area (Å²) in [4.78, 5) is 14.6. The lowest BCUT2D eigenvalue weighted by molar-refractivity contribution is 0.0359. The van der Waals surface area contributed by atoms with Gasteiger partial charge in [0.1, 0.15) is 18.8 Å². The number of hydrogen-bond acceptors (Lipinski definition) is 8. The molecule has 1 atom stereocenters. The van der Waals surface area contributed by atoms with Gasteiger partial charge < -0.3 is 18.9 Å². The molecule has 0 bridgehead atoms. The molecule has 1 fully saturated rings. The van der Waals surface area contributed by atoms with Crippen LogP contribution in [0.2, 0.25) is 0 Å². The van der Waals surface area contributed by atoms with Gasteiger partial charge in [0.05, 0.1) is 19.1 Å². The molecule has 0 amide bonds. The predicted molar refractivity (Wildman–Crippen MR) is 72.7 cm³/mol. The van der Waals surface area contributed by atoms with Crippen molar-refractivity contribution in [2.45, 2.75) is 19.1 Å². The van der Waals surface area contributed by atoms with Crippen LogP contribution in [0.4, 0.5) is 5.82 Å². The molecule has 0 spiro atoms. The highest BCUT2D eigenvalue weighted by Gasteiger charge is 2.23. The lowest BCUT2D eigenvalue weighted by atomic mass is 10.2. The Morgan fingerprint density at radius 2 is 2.43 bits per heavy atom. The second-order valence-electron chi connectivity index (χ2n) is 4.75. The summed E-state index contributed by atoms with van der Waals surface area (Å²) in [6, 6.07) is 1.89. The molecule has 2 aromatic rings. The van der Waals surface area contributed by atoms with Crippen LogP contribution in [-0.4, -0.2) is 53.0 Å². The van der Waals surface area contributed by atoms with Crippen molar-refractivity contribution in [2.75, 3.05) is 31.7 Å². The standard InChI is InChI=1S/C13H17N5O3/c1-19-8-11-16-13(21-17-11)6-10-7-18(4-5-20-10)12-2-3-14-9-15-12/h2-3,9-10H,4-8H2,1H3. The third-order valence-electron chi connectivity index (χ3n) is 3.21. The van der Waals surface area contributed by atoms with E-state index in [1.165, 1.54) is 0 Å². The summed E-state index contributed by atoms with van der Waals surface area (Å²) in [6.07, 6.45) is 3.87. The monoisotopic (exact) mass is 291 g/mol. The number of ether oxygens (including phenoxy) is 2. The average molecular weight is 291 g/mol. The molecule has 21 heavy (non-hydrogen) atoms. The zero-order chi connectivity index (χ0) is 14.5. The minimum atomic E-state index is 0.00422. The lowest BCUT2D eigenvalue weighted by Gasteiger charge is -2.33. The summed E-state index contributed by atoms with van der Waals surface area (Å²) >= 11 is 0. The molecular formula is C13H17N5O3. The first-order chi connectivity index (χ1) is 10.3. The van der Waals surface area contributed by atoms with Gasteiger partial charge in [0.2, 0.25) is 5.89 Å². The number of hydrogen-bond donors (Lipinski definition) is 0. The van der Waals surface area contributed by atoms with Crippen LogP contribution >= 0.6 is 0 Å². The lowest BCUT2D eigenvalue weighted by Crippen LogP contribution is -2.43. The maximum atomic E-state index is 5.76. The molecule has 1 aliphatic rings. The number of nitrogens with zero attached hydrogens (tertiary/aromatic N) is 5. The Bertz CT molecular complexity index is 562. The molecule has 8 heteroatoms. The summed E-state index contributed by atoms with van der Waals surface area (Å²) in [5.41, 5.74) is 0. The van der Waals surface area contributed by atoms with E-state index in [9.17, 15) is 0 Å². The third kappa shape index (κ3) is 3.53. The van der Waals surface area contributed by atoms with E-state index in [0.717, 1.165) is 18.9 Å². The third-order valence-corrected chi connectivity index (χ3v) is 3.21. The van der Waals surface area contributed by atoms with E-state index in [2.05, 4.69) is 25.0 Å². The quantitative estimate of drug-likeness (QED) is 0.785. The predicted octanol–water partition coefficient (Wildman–Crippen LogP) is 0.454. The largest absolute Gasteiger partial charge is 0.377 e. The first kappa shape index (κ1) is 13.9. The van der Waals surface area contributed by atoms with Gasteiger partial charge in [-0.25, -0.2) is 9.97 Å². The van der Waals surface area contributed by atoms with Crippen LogP contribution in [0.1, 0.15) is 11.7 Å². The van der Waals surface area contributed by atoms with Crippen LogP contribution in [0.15, 0.2) is 23.1 Å². The maximum absolute atomic E-state index is 5.76. The van der Waals surface area contributed by atoms with Gasteiger partial charge in [-0.1, -0.05) is 5.16 Å². The minimum absolute atomic E-state index is 0.00422. The molecule has 0 aliphatic carbocycles. The zero-order valence-electron chi connectivity index (χ0n) is 11.8. The molecule has 1 unspecified atom stereocenters. The molecule has 112 valence electrons. The van der Waals surface area contributed by atoms with Crippen LogP contribution in [0.25, 0.3) is 0 Å². The molecule has 0 N–H and O–H groups in total. The first-order valence-corrected chi connectivity index (χ1v) is 6.78. The zero-order valence-corrected chi connectivity index (χ0v) is 11.8. The number of morpholine rings is 1. The molecule has 3 rings (SSSR count). The molecule has 0 aromatic carbocycles. The minimum Gasteiger partial charge on any atom is -0.377 e. The van der Waals surface area contributed by atoms with Crippen LogP contribution in [0, 0.1) is 0 Å². The molecule has 8 nitrogen and oxygen atoms in total. The second-order valence-corrected chi connectivity index (χ2v) is 4.75. The van der Waals surface area contributed by atoms with Crippen LogP contribution in [0.5, 0.6) is 0 Å². The van der Waals surface area contributed by atoms with Crippen LogP contribution in [-0.2, 0) is 22.5 Å². The first-order valence-electron chi connectivity index (χ1n) is 6.78. The Hall–Kier alpha value is -2.06. The van der Waals surface area contributed by atoms with Crippen molar-refractivity contribution in [2.24, 2.45) is 0 Å². The van der Waals surface area contributed by atoms with Crippen LogP contribution < -0.4 is 4.90 Å².